The Bertz CT molecular complexity index is 897. The molecule has 0 unspecified atom stereocenters. The number of rotatable bonds is 5. The van der Waals surface area contributed by atoms with E-state index in [0.29, 0.717) is 10.8 Å². The summed E-state index contributed by atoms with van der Waals surface area (Å²) in [5.41, 5.74) is 6.58. The van der Waals surface area contributed by atoms with Gasteiger partial charge in [-0.05, 0) is 44.0 Å². The number of benzene rings is 1. The minimum absolute atomic E-state index is 0.273. The van der Waals surface area contributed by atoms with Crippen molar-refractivity contribution in [2.45, 2.75) is 27.2 Å². The number of hydrogen-bond acceptors (Lipinski definition) is 6. The van der Waals surface area contributed by atoms with Crippen LogP contribution in [0.15, 0.2) is 40.0 Å². The highest BCUT2D eigenvalue weighted by molar-refractivity contribution is 7.22. The third kappa shape index (κ3) is 3.30. The highest BCUT2D eigenvalue weighted by atomic mass is 32.1. The Kier molecular flexibility index (Phi) is 4.61. The largest absolute Gasteiger partial charge is 0.459 e. The van der Waals surface area contributed by atoms with Gasteiger partial charge in [0.15, 0.2) is 5.76 Å². The lowest BCUT2D eigenvalue weighted by Gasteiger charge is -2.05. The molecule has 0 spiro atoms. The average molecular weight is 342 g/mol. The second-order valence-electron chi connectivity index (χ2n) is 5.37. The third-order valence-corrected chi connectivity index (χ3v) is 4.59. The zero-order chi connectivity index (χ0) is 17.1. The van der Waals surface area contributed by atoms with E-state index in [2.05, 4.69) is 20.8 Å². The van der Waals surface area contributed by atoms with Crippen molar-refractivity contribution < 1.29 is 9.21 Å². The number of nitrogens with zero attached hydrogens (tertiary/aromatic N) is 2. The first kappa shape index (κ1) is 16.2. The highest BCUT2D eigenvalue weighted by Crippen LogP contribution is 2.34. The molecule has 2 aromatic heterocycles. The molecule has 1 aromatic carbocycles. The summed E-state index contributed by atoms with van der Waals surface area (Å²) in [6.45, 7) is 6.00. The molecule has 2 heterocycles. The second kappa shape index (κ2) is 6.84. The molecule has 0 bridgehead atoms. The van der Waals surface area contributed by atoms with Gasteiger partial charge in [-0.25, -0.2) is 4.98 Å². The predicted octanol–water partition coefficient (Wildman–Crippen LogP) is 4.65. The molecule has 0 saturated carbocycles. The molecule has 0 saturated heterocycles. The Labute approximate surface area is 143 Å². The normalized spacial score (nSPS) is 11.7. The van der Waals surface area contributed by atoms with Crippen LogP contribution in [-0.2, 0) is 0 Å². The SMILES string of the molecule is CC/C(C)=N/Nc1nc2c(C)ccc(NC(=O)c3ccco3)c2s1. The van der Waals surface area contributed by atoms with E-state index in [9.17, 15) is 4.79 Å². The summed E-state index contributed by atoms with van der Waals surface area (Å²) >= 11 is 1.46. The lowest BCUT2D eigenvalue weighted by atomic mass is 10.2. The number of anilines is 2. The molecule has 24 heavy (non-hydrogen) atoms. The maximum Gasteiger partial charge on any atom is 0.291 e. The monoisotopic (exact) mass is 342 g/mol. The molecule has 7 heteroatoms. The van der Waals surface area contributed by atoms with Crippen LogP contribution < -0.4 is 10.7 Å². The Balaban J connectivity index is 1.92. The van der Waals surface area contributed by atoms with Crippen LogP contribution in [0.3, 0.4) is 0 Å². The fraction of sp³-hybridized carbons (Fsp3) is 0.235. The number of furan rings is 1. The number of amides is 1. The van der Waals surface area contributed by atoms with Crippen molar-refractivity contribution in [2.75, 3.05) is 10.7 Å². The van der Waals surface area contributed by atoms with E-state index in [-0.39, 0.29) is 11.7 Å². The molecule has 0 fully saturated rings. The number of fused-ring (bicyclic) bond motifs is 1. The van der Waals surface area contributed by atoms with Crippen molar-refractivity contribution in [3.63, 3.8) is 0 Å². The van der Waals surface area contributed by atoms with Gasteiger partial charge in [0.1, 0.15) is 0 Å². The summed E-state index contributed by atoms with van der Waals surface area (Å²) in [6, 6.07) is 7.12. The molecule has 1 amide bonds. The standard InChI is InChI=1S/C17H18N4O2S/c1-4-11(3)20-21-17-19-14-10(2)7-8-12(15(14)24-17)18-16(22)13-6-5-9-23-13/h5-9H,4H2,1-3H3,(H,18,22)(H,19,21)/b20-11+. The third-order valence-electron chi connectivity index (χ3n) is 3.59. The van der Waals surface area contributed by atoms with Crippen LogP contribution in [0.25, 0.3) is 10.2 Å². The first-order valence-corrected chi connectivity index (χ1v) is 8.44. The van der Waals surface area contributed by atoms with Crippen molar-refractivity contribution in [1.82, 2.24) is 4.98 Å². The van der Waals surface area contributed by atoms with Crippen LogP contribution >= 0.6 is 11.3 Å². The Morgan fingerprint density at radius 3 is 2.92 bits per heavy atom. The molecule has 124 valence electrons. The maximum atomic E-state index is 12.2. The minimum atomic E-state index is -0.284. The quantitative estimate of drug-likeness (QED) is 0.522. The van der Waals surface area contributed by atoms with Crippen LogP contribution in [0.5, 0.6) is 0 Å². The minimum Gasteiger partial charge on any atom is -0.459 e. The molecule has 3 aromatic rings. The molecule has 0 aliphatic carbocycles. The van der Waals surface area contributed by atoms with Gasteiger partial charge in [0.25, 0.3) is 5.91 Å². The number of hydrazone groups is 1. The Morgan fingerprint density at radius 1 is 1.38 bits per heavy atom. The molecule has 0 radical (unpaired) electrons. The summed E-state index contributed by atoms with van der Waals surface area (Å²) in [6.07, 6.45) is 2.35. The smallest absolute Gasteiger partial charge is 0.291 e. The number of thiazole rings is 1. The summed E-state index contributed by atoms with van der Waals surface area (Å²) in [7, 11) is 0. The van der Waals surface area contributed by atoms with E-state index in [1.165, 1.54) is 17.6 Å². The first-order chi connectivity index (χ1) is 11.6. The number of carbonyl (C=O) groups is 1. The molecule has 0 aliphatic heterocycles. The zero-order valence-corrected chi connectivity index (χ0v) is 14.5. The highest BCUT2D eigenvalue weighted by Gasteiger charge is 2.14. The van der Waals surface area contributed by atoms with Crippen LogP contribution in [-0.4, -0.2) is 16.6 Å². The van der Waals surface area contributed by atoms with E-state index in [4.69, 9.17) is 4.42 Å². The van der Waals surface area contributed by atoms with Gasteiger partial charge in [0.05, 0.1) is 22.2 Å². The molecular weight excluding hydrogens is 324 g/mol. The van der Waals surface area contributed by atoms with Gasteiger partial charge in [-0.15, -0.1) is 0 Å². The number of nitrogens with one attached hydrogen (secondary N) is 2. The van der Waals surface area contributed by atoms with Gasteiger partial charge in [0, 0.05) is 5.71 Å². The average Bonchev–Trinajstić information content (AvgIpc) is 3.25. The molecular formula is C17H18N4O2S. The van der Waals surface area contributed by atoms with Gasteiger partial charge >= 0.3 is 0 Å². The van der Waals surface area contributed by atoms with E-state index < -0.39 is 0 Å². The van der Waals surface area contributed by atoms with Crippen LogP contribution in [0.4, 0.5) is 10.8 Å². The topological polar surface area (TPSA) is 79.5 Å². The van der Waals surface area contributed by atoms with E-state index >= 15 is 0 Å². The molecule has 3 rings (SSSR count). The van der Waals surface area contributed by atoms with Gasteiger partial charge < -0.3 is 9.73 Å². The number of carbonyl (C=O) groups excluding carboxylic acids is 1. The van der Waals surface area contributed by atoms with Crippen molar-refractivity contribution in [1.29, 1.82) is 0 Å². The zero-order valence-electron chi connectivity index (χ0n) is 13.7. The number of aryl methyl sites for hydroxylation is 1. The van der Waals surface area contributed by atoms with Gasteiger partial charge in [0.2, 0.25) is 5.13 Å². The maximum absolute atomic E-state index is 12.2. The van der Waals surface area contributed by atoms with Gasteiger partial charge in [-0.3, -0.25) is 10.2 Å². The van der Waals surface area contributed by atoms with E-state index in [1.807, 2.05) is 32.9 Å². The van der Waals surface area contributed by atoms with Gasteiger partial charge in [-0.1, -0.05) is 24.3 Å². The van der Waals surface area contributed by atoms with Crippen molar-refractivity contribution in [2.24, 2.45) is 5.10 Å². The fourth-order valence-electron chi connectivity index (χ4n) is 2.09. The van der Waals surface area contributed by atoms with Gasteiger partial charge in [-0.2, -0.15) is 5.10 Å². The number of hydrogen-bond donors (Lipinski definition) is 2. The molecule has 0 atom stereocenters. The van der Waals surface area contributed by atoms with Crippen LogP contribution in [0.1, 0.15) is 36.4 Å². The van der Waals surface area contributed by atoms with E-state index in [0.717, 1.165) is 27.9 Å². The second-order valence-corrected chi connectivity index (χ2v) is 6.37. The predicted molar refractivity (Wildman–Crippen MR) is 98.0 cm³/mol. The molecule has 6 nitrogen and oxygen atoms in total. The summed E-state index contributed by atoms with van der Waals surface area (Å²) in [4.78, 5) is 16.8. The lowest BCUT2D eigenvalue weighted by molar-refractivity contribution is 0.0997. The first-order valence-electron chi connectivity index (χ1n) is 7.62. The van der Waals surface area contributed by atoms with Crippen molar-refractivity contribution in [3.05, 3.63) is 41.9 Å². The van der Waals surface area contributed by atoms with Crippen molar-refractivity contribution >= 4 is 44.0 Å². The van der Waals surface area contributed by atoms with Crippen LogP contribution in [0, 0.1) is 6.92 Å². The Hall–Kier alpha value is -2.67. The summed E-state index contributed by atoms with van der Waals surface area (Å²) in [5, 5.41) is 7.85. The molecule has 2 N–H and O–H groups in total. The Morgan fingerprint density at radius 2 is 2.21 bits per heavy atom. The fourth-order valence-corrected chi connectivity index (χ4v) is 3.05. The summed E-state index contributed by atoms with van der Waals surface area (Å²) < 4.78 is 6.04. The van der Waals surface area contributed by atoms with Crippen LogP contribution in [0.2, 0.25) is 0 Å². The molecule has 0 aliphatic rings. The summed E-state index contributed by atoms with van der Waals surface area (Å²) in [5.74, 6) is -0.0114. The van der Waals surface area contributed by atoms with Crippen molar-refractivity contribution in [3.8, 4) is 0 Å². The van der Waals surface area contributed by atoms with E-state index in [1.54, 1.807) is 12.1 Å². The lowest BCUT2D eigenvalue weighted by Crippen LogP contribution is -2.10. The number of aromatic nitrogens is 1.